The van der Waals surface area contributed by atoms with Gasteiger partial charge in [-0.05, 0) is 55.5 Å². The number of fused-ring (bicyclic) bond motifs is 1. The molecule has 7 nitrogen and oxygen atoms in total. The van der Waals surface area contributed by atoms with Crippen LogP contribution < -0.4 is 10.6 Å². The van der Waals surface area contributed by atoms with E-state index in [1.54, 1.807) is 4.90 Å². The summed E-state index contributed by atoms with van der Waals surface area (Å²) in [6.45, 7) is 4.25. The van der Waals surface area contributed by atoms with E-state index in [0.29, 0.717) is 5.69 Å². The summed E-state index contributed by atoms with van der Waals surface area (Å²) < 4.78 is 6.47. The first-order valence-corrected chi connectivity index (χ1v) is 13.8. The molecule has 2 N–H and O–H groups in total. The van der Waals surface area contributed by atoms with Crippen LogP contribution in [0.3, 0.4) is 0 Å². The average Bonchev–Trinajstić information content (AvgIpc) is 3.52. The van der Waals surface area contributed by atoms with E-state index >= 15 is 0 Å². The van der Waals surface area contributed by atoms with E-state index < -0.39 is 29.6 Å². The molecule has 4 aliphatic rings. The van der Waals surface area contributed by atoms with Gasteiger partial charge < -0.3 is 20.3 Å². The maximum atomic E-state index is 14.1. The molecule has 38 heavy (non-hydrogen) atoms. The molecule has 2 aromatic rings. The topological polar surface area (TPSA) is 87.7 Å². The Bertz CT molecular complexity index is 1270. The minimum atomic E-state index is -1.15. The van der Waals surface area contributed by atoms with Crippen LogP contribution in [0.4, 0.5) is 5.69 Å². The van der Waals surface area contributed by atoms with Crippen molar-refractivity contribution >= 4 is 23.4 Å². The van der Waals surface area contributed by atoms with Crippen molar-refractivity contribution in [1.82, 2.24) is 10.2 Å². The van der Waals surface area contributed by atoms with Gasteiger partial charge in [-0.15, -0.1) is 0 Å². The maximum Gasteiger partial charge on any atom is 0.246 e. The van der Waals surface area contributed by atoms with Crippen LogP contribution in [0.15, 0.2) is 60.7 Å². The highest BCUT2D eigenvalue weighted by Crippen LogP contribution is 2.55. The molecule has 0 radical (unpaired) electrons. The van der Waals surface area contributed by atoms with Gasteiger partial charge in [-0.1, -0.05) is 67.8 Å². The van der Waals surface area contributed by atoms with Crippen LogP contribution in [-0.2, 0) is 25.7 Å². The van der Waals surface area contributed by atoms with Gasteiger partial charge in [0, 0.05) is 18.3 Å². The number of nitrogens with one attached hydrogen (secondary N) is 2. The van der Waals surface area contributed by atoms with Gasteiger partial charge in [-0.2, -0.15) is 0 Å². The predicted molar refractivity (Wildman–Crippen MR) is 144 cm³/mol. The Hall–Kier alpha value is -3.45. The zero-order chi connectivity index (χ0) is 26.4. The summed E-state index contributed by atoms with van der Waals surface area (Å²) in [5, 5.41) is 6.27. The monoisotopic (exact) mass is 513 g/mol. The van der Waals surface area contributed by atoms with Crippen molar-refractivity contribution in [3.8, 4) is 0 Å². The minimum absolute atomic E-state index is 0.103. The Morgan fingerprint density at radius 3 is 2.42 bits per heavy atom. The van der Waals surface area contributed by atoms with Gasteiger partial charge in [-0.3, -0.25) is 14.4 Å². The molecule has 3 amide bonds. The normalized spacial score (nSPS) is 29.9. The molecule has 1 saturated carbocycles. The molecule has 7 heteroatoms. The van der Waals surface area contributed by atoms with Crippen molar-refractivity contribution in [3.63, 3.8) is 0 Å². The van der Waals surface area contributed by atoms with Crippen molar-refractivity contribution in [2.75, 3.05) is 5.32 Å². The molecule has 3 aliphatic heterocycles. The van der Waals surface area contributed by atoms with Gasteiger partial charge in [0.2, 0.25) is 17.7 Å². The Morgan fingerprint density at radius 1 is 1.00 bits per heavy atom. The van der Waals surface area contributed by atoms with Crippen molar-refractivity contribution in [3.05, 3.63) is 77.4 Å². The standard InChI is InChI=1S/C31H35N3O4/c1-19-15-20(2)17-23(16-19)33-28(35)25-24-13-14-31(38-24)26(25)30(37)34(18-21-9-5-3-6-10-21)27(31)29(36)32-22-11-7-4-8-12-22/h3,5-6,9-10,13-17,22,24-27H,4,7-8,11-12,18H2,1-2H3,(H,32,36)(H,33,35)/t24-,25-,26-,27+,31-/m0/s1. The van der Waals surface area contributed by atoms with Crippen molar-refractivity contribution in [2.45, 2.75) is 76.3 Å². The number of aryl methyl sites for hydroxylation is 2. The van der Waals surface area contributed by atoms with E-state index in [-0.39, 0.29) is 30.3 Å². The van der Waals surface area contributed by atoms with Gasteiger partial charge >= 0.3 is 0 Å². The fraction of sp³-hybridized carbons (Fsp3) is 0.452. The molecule has 0 aromatic heterocycles. The lowest BCUT2D eigenvalue weighted by Gasteiger charge is -2.34. The number of likely N-dealkylation sites (tertiary alicyclic amines) is 1. The van der Waals surface area contributed by atoms with Gasteiger partial charge in [-0.25, -0.2) is 0 Å². The summed E-state index contributed by atoms with van der Waals surface area (Å²) >= 11 is 0. The zero-order valence-electron chi connectivity index (χ0n) is 22.0. The summed E-state index contributed by atoms with van der Waals surface area (Å²) in [6, 6.07) is 14.8. The Kier molecular flexibility index (Phi) is 6.34. The van der Waals surface area contributed by atoms with Crippen molar-refractivity contribution in [2.24, 2.45) is 11.8 Å². The smallest absolute Gasteiger partial charge is 0.246 e. The van der Waals surface area contributed by atoms with Crippen molar-refractivity contribution < 1.29 is 19.1 Å². The first kappa shape index (κ1) is 24.9. The highest BCUT2D eigenvalue weighted by Gasteiger charge is 2.72. The average molecular weight is 514 g/mol. The van der Waals surface area contributed by atoms with E-state index in [4.69, 9.17) is 4.74 Å². The predicted octanol–water partition coefficient (Wildman–Crippen LogP) is 4.04. The van der Waals surface area contributed by atoms with Crippen LogP contribution in [0, 0.1) is 25.7 Å². The third-order valence-electron chi connectivity index (χ3n) is 8.56. The highest BCUT2D eigenvalue weighted by molar-refractivity contribution is 6.02. The number of hydrogen-bond donors (Lipinski definition) is 2. The first-order chi connectivity index (χ1) is 18.4. The third-order valence-corrected chi connectivity index (χ3v) is 8.56. The van der Waals surface area contributed by atoms with Gasteiger partial charge in [0.1, 0.15) is 11.6 Å². The molecule has 3 fully saturated rings. The second kappa shape index (κ2) is 9.70. The van der Waals surface area contributed by atoms with E-state index in [9.17, 15) is 14.4 Å². The van der Waals surface area contributed by atoms with E-state index in [1.807, 2.05) is 74.5 Å². The first-order valence-electron chi connectivity index (χ1n) is 13.8. The molecule has 2 bridgehead atoms. The number of amides is 3. The third kappa shape index (κ3) is 4.23. The van der Waals surface area contributed by atoms with Crippen LogP contribution in [0.5, 0.6) is 0 Å². The SMILES string of the molecule is Cc1cc(C)cc(NC(=O)[C@H]2[C@@H]3C=C[C@]4(O3)[C@@H]2C(=O)N(Cc2ccccc2)[C@@H]4C(=O)NC2CCCCC2)c1. The number of nitrogens with zero attached hydrogens (tertiary/aromatic N) is 1. The van der Waals surface area contributed by atoms with Crippen LogP contribution in [-0.4, -0.2) is 46.4 Å². The zero-order valence-corrected chi connectivity index (χ0v) is 22.0. The van der Waals surface area contributed by atoms with Gasteiger partial charge in [0.05, 0.1) is 17.9 Å². The molecule has 1 aliphatic carbocycles. The lowest BCUT2D eigenvalue weighted by molar-refractivity contribution is -0.142. The molecule has 1 spiro atoms. The number of ether oxygens (including phenoxy) is 1. The number of anilines is 1. The molecule has 6 rings (SSSR count). The highest BCUT2D eigenvalue weighted by atomic mass is 16.5. The molecule has 2 aromatic carbocycles. The van der Waals surface area contributed by atoms with E-state index in [1.165, 1.54) is 6.42 Å². The molecular weight excluding hydrogens is 478 g/mol. The maximum absolute atomic E-state index is 14.1. The molecule has 5 atom stereocenters. The number of benzene rings is 2. The summed E-state index contributed by atoms with van der Waals surface area (Å²) in [5.74, 6) is -2.11. The van der Waals surface area contributed by atoms with E-state index in [0.717, 1.165) is 42.4 Å². The summed E-state index contributed by atoms with van der Waals surface area (Å²) in [5.41, 5.74) is 2.58. The largest absolute Gasteiger partial charge is 0.359 e. The number of carbonyl (C=O) groups is 3. The summed E-state index contributed by atoms with van der Waals surface area (Å²) in [6.07, 6.45) is 8.46. The summed E-state index contributed by atoms with van der Waals surface area (Å²) in [4.78, 5) is 43.3. The minimum Gasteiger partial charge on any atom is -0.359 e. The second-order valence-electron chi connectivity index (χ2n) is 11.4. The Labute approximate surface area is 223 Å². The quantitative estimate of drug-likeness (QED) is 0.571. The van der Waals surface area contributed by atoms with Crippen LogP contribution in [0.2, 0.25) is 0 Å². The molecule has 0 unspecified atom stereocenters. The Balaban J connectivity index is 1.32. The molecule has 3 heterocycles. The Morgan fingerprint density at radius 2 is 1.71 bits per heavy atom. The molecular formula is C31H35N3O4. The fourth-order valence-electron chi connectivity index (χ4n) is 7.02. The fourth-order valence-corrected chi connectivity index (χ4v) is 7.02. The molecule has 198 valence electrons. The number of hydrogen-bond acceptors (Lipinski definition) is 4. The number of rotatable bonds is 6. The van der Waals surface area contributed by atoms with Gasteiger partial charge in [0.15, 0.2) is 0 Å². The van der Waals surface area contributed by atoms with Crippen LogP contribution in [0.1, 0.15) is 48.8 Å². The van der Waals surface area contributed by atoms with Crippen LogP contribution >= 0.6 is 0 Å². The molecule has 2 saturated heterocycles. The van der Waals surface area contributed by atoms with Crippen molar-refractivity contribution in [1.29, 1.82) is 0 Å². The number of carbonyl (C=O) groups excluding carboxylic acids is 3. The lowest BCUT2D eigenvalue weighted by Crippen LogP contribution is -2.56. The second-order valence-corrected chi connectivity index (χ2v) is 11.4. The van der Waals surface area contributed by atoms with E-state index in [2.05, 4.69) is 10.6 Å². The van der Waals surface area contributed by atoms with Crippen LogP contribution in [0.25, 0.3) is 0 Å². The van der Waals surface area contributed by atoms with Gasteiger partial charge in [0.25, 0.3) is 0 Å². The lowest BCUT2D eigenvalue weighted by atomic mass is 9.74. The summed E-state index contributed by atoms with van der Waals surface area (Å²) in [7, 11) is 0.